The molecule has 0 radical (unpaired) electrons. The summed E-state index contributed by atoms with van der Waals surface area (Å²) in [5.74, 6) is 2.61. The number of nitrogens with one attached hydrogen (secondary N) is 1. The lowest BCUT2D eigenvalue weighted by atomic mass is 10.3. The van der Waals surface area contributed by atoms with Crippen LogP contribution >= 0.6 is 0 Å². The molecule has 1 saturated carbocycles. The Hall–Kier alpha value is -1.12. The highest BCUT2D eigenvalue weighted by atomic mass is 15.0. The molecule has 1 aromatic heterocycles. The third-order valence-corrected chi connectivity index (χ3v) is 2.17. The molecule has 0 saturated heterocycles. The monoisotopic (exact) mass is 163 g/mol. The molecule has 1 fully saturated rings. The third-order valence-electron chi connectivity index (χ3n) is 2.17. The molecule has 0 aromatic carbocycles. The summed E-state index contributed by atoms with van der Waals surface area (Å²) >= 11 is 0. The van der Waals surface area contributed by atoms with Gasteiger partial charge in [0.2, 0.25) is 0 Å². The van der Waals surface area contributed by atoms with Gasteiger partial charge in [-0.25, -0.2) is 9.97 Å². The lowest BCUT2D eigenvalue weighted by Gasteiger charge is -2.04. The summed E-state index contributed by atoms with van der Waals surface area (Å²) in [6.45, 7) is 2.02. The first-order chi connectivity index (χ1) is 5.81. The van der Waals surface area contributed by atoms with Crippen LogP contribution in [0.3, 0.4) is 0 Å². The number of hydrogen-bond acceptors (Lipinski definition) is 3. The van der Waals surface area contributed by atoms with Crippen LogP contribution in [0.15, 0.2) is 6.20 Å². The van der Waals surface area contributed by atoms with Crippen LogP contribution < -0.4 is 5.32 Å². The zero-order chi connectivity index (χ0) is 8.55. The second-order valence-electron chi connectivity index (χ2n) is 3.28. The predicted molar refractivity (Wildman–Crippen MR) is 48.3 cm³/mol. The number of anilines is 1. The van der Waals surface area contributed by atoms with Crippen molar-refractivity contribution in [3.8, 4) is 0 Å². The van der Waals surface area contributed by atoms with Crippen molar-refractivity contribution in [1.82, 2.24) is 9.97 Å². The molecule has 1 N–H and O–H groups in total. The molecule has 1 aliphatic rings. The third kappa shape index (κ3) is 1.26. The minimum absolute atomic E-state index is 0.637. The molecule has 64 valence electrons. The summed E-state index contributed by atoms with van der Waals surface area (Å²) in [7, 11) is 1.89. The first kappa shape index (κ1) is 7.53. The van der Waals surface area contributed by atoms with E-state index < -0.39 is 0 Å². The maximum atomic E-state index is 4.43. The molecule has 3 nitrogen and oxygen atoms in total. The number of aryl methyl sites for hydroxylation is 1. The molecular weight excluding hydrogens is 150 g/mol. The molecule has 0 bridgehead atoms. The molecule has 0 spiro atoms. The first-order valence-electron chi connectivity index (χ1n) is 4.32. The quantitative estimate of drug-likeness (QED) is 0.721. The van der Waals surface area contributed by atoms with E-state index >= 15 is 0 Å². The molecular formula is C9H13N3. The second-order valence-corrected chi connectivity index (χ2v) is 3.28. The molecule has 0 amide bonds. The van der Waals surface area contributed by atoms with Gasteiger partial charge in [-0.15, -0.1) is 0 Å². The minimum atomic E-state index is 0.637. The van der Waals surface area contributed by atoms with Crippen molar-refractivity contribution in [1.29, 1.82) is 0 Å². The summed E-state index contributed by atoms with van der Waals surface area (Å²) in [5, 5.41) is 3.07. The Kier molecular flexibility index (Phi) is 1.71. The van der Waals surface area contributed by atoms with Crippen LogP contribution in [0.4, 0.5) is 5.82 Å². The summed E-state index contributed by atoms with van der Waals surface area (Å²) in [5.41, 5.74) is 1.11. The fraction of sp³-hybridized carbons (Fsp3) is 0.556. The Bertz CT molecular complexity index is 292. The summed E-state index contributed by atoms with van der Waals surface area (Å²) in [4.78, 5) is 8.73. The van der Waals surface area contributed by atoms with Crippen LogP contribution in [-0.4, -0.2) is 17.0 Å². The van der Waals surface area contributed by atoms with E-state index in [2.05, 4.69) is 15.3 Å². The normalized spacial score (nSPS) is 16.2. The molecule has 1 heterocycles. The zero-order valence-corrected chi connectivity index (χ0v) is 7.46. The Morgan fingerprint density at radius 3 is 2.83 bits per heavy atom. The lowest BCUT2D eigenvalue weighted by molar-refractivity contribution is 0.919. The van der Waals surface area contributed by atoms with E-state index in [0.29, 0.717) is 5.92 Å². The van der Waals surface area contributed by atoms with Crippen LogP contribution in [0.5, 0.6) is 0 Å². The molecule has 1 aromatic rings. The maximum Gasteiger partial charge on any atom is 0.133 e. The first-order valence-corrected chi connectivity index (χ1v) is 4.32. The predicted octanol–water partition coefficient (Wildman–Crippen LogP) is 1.70. The molecule has 0 unspecified atom stereocenters. The van der Waals surface area contributed by atoms with Gasteiger partial charge >= 0.3 is 0 Å². The fourth-order valence-corrected chi connectivity index (χ4v) is 1.25. The highest BCUT2D eigenvalue weighted by Gasteiger charge is 2.26. The standard InChI is InChI=1S/C9H13N3/c1-6-5-11-9(7-3-4-7)12-8(6)10-2/h5,7H,3-4H2,1-2H3,(H,10,11,12). The molecule has 0 atom stereocenters. The van der Waals surface area contributed by atoms with E-state index in [-0.39, 0.29) is 0 Å². The Labute approximate surface area is 72.2 Å². The van der Waals surface area contributed by atoms with Crippen molar-refractivity contribution >= 4 is 5.82 Å². The Morgan fingerprint density at radius 1 is 1.50 bits per heavy atom. The summed E-state index contributed by atoms with van der Waals surface area (Å²) in [6, 6.07) is 0. The molecule has 2 rings (SSSR count). The van der Waals surface area contributed by atoms with Gasteiger partial charge in [0, 0.05) is 24.7 Å². The second kappa shape index (κ2) is 2.73. The number of rotatable bonds is 2. The highest BCUT2D eigenvalue weighted by Crippen LogP contribution is 2.38. The number of aromatic nitrogens is 2. The van der Waals surface area contributed by atoms with E-state index in [9.17, 15) is 0 Å². The van der Waals surface area contributed by atoms with Crippen molar-refractivity contribution in [2.45, 2.75) is 25.7 Å². The lowest BCUT2D eigenvalue weighted by Crippen LogP contribution is -2.00. The SMILES string of the molecule is CNc1nc(C2CC2)ncc1C. The van der Waals surface area contributed by atoms with E-state index in [1.807, 2.05) is 20.2 Å². The van der Waals surface area contributed by atoms with Gasteiger partial charge in [0.1, 0.15) is 11.6 Å². The van der Waals surface area contributed by atoms with Gasteiger partial charge in [-0.1, -0.05) is 0 Å². The average Bonchev–Trinajstić information content (AvgIpc) is 2.88. The van der Waals surface area contributed by atoms with Crippen molar-refractivity contribution < 1.29 is 0 Å². The Morgan fingerprint density at radius 2 is 2.25 bits per heavy atom. The van der Waals surface area contributed by atoms with Crippen LogP contribution in [0.2, 0.25) is 0 Å². The van der Waals surface area contributed by atoms with E-state index in [0.717, 1.165) is 17.2 Å². The Balaban J connectivity index is 2.33. The van der Waals surface area contributed by atoms with Gasteiger partial charge in [0.05, 0.1) is 0 Å². The van der Waals surface area contributed by atoms with Crippen LogP contribution in [-0.2, 0) is 0 Å². The zero-order valence-electron chi connectivity index (χ0n) is 7.46. The van der Waals surface area contributed by atoms with E-state index in [1.54, 1.807) is 0 Å². The molecule has 3 heteroatoms. The highest BCUT2D eigenvalue weighted by molar-refractivity contribution is 5.41. The number of nitrogens with zero attached hydrogens (tertiary/aromatic N) is 2. The largest absolute Gasteiger partial charge is 0.373 e. The average molecular weight is 163 g/mol. The topological polar surface area (TPSA) is 37.8 Å². The van der Waals surface area contributed by atoms with Gasteiger partial charge < -0.3 is 5.32 Å². The fourth-order valence-electron chi connectivity index (χ4n) is 1.25. The van der Waals surface area contributed by atoms with Gasteiger partial charge in [0.25, 0.3) is 0 Å². The summed E-state index contributed by atoms with van der Waals surface area (Å²) in [6.07, 6.45) is 4.41. The van der Waals surface area contributed by atoms with Crippen molar-refractivity contribution in [3.05, 3.63) is 17.6 Å². The van der Waals surface area contributed by atoms with Crippen molar-refractivity contribution in [3.63, 3.8) is 0 Å². The van der Waals surface area contributed by atoms with E-state index in [1.165, 1.54) is 12.8 Å². The van der Waals surface area contributed by atoms with Crippen molar-refractivity contribution in [2.75, 3.05) is 12.4 Å². The van der Waals surface area contributed by atoms with Gasteiger partial charge in [-0.3, -0.25) is 0 Å². The maximum absolute atomic E-state index is 4.43. The van der Waals surface area contributed by atoms with Crippen LogP contribution in [0.25, 0.3) is 0 Å². The molecule has 1 aliphatic carbocycles. The van der Waals surface area contributed by atoms with Gasteiger partial charge in [-0.05, 0) is 19.8 Å². The minimum Gasteiger partial charge on any atom is -0.373 e. The smallest absolute Gasteiger partial charge is 0.133 e. The van der Waals surface area contributed by atoms with E-state index in [4.69, 9.17) is 0 Å². The van der Waals surface area contributed by atoms with Crippen LogP contribution in [0.1, 0.15) is 30.1 Å². The molecule has 12 heavy (non-hydrogen) atoms. The van der Waals surface area contributed by atoms with Crippen LogP contribution in [0, 0.1) is 6.92 Å². The van der Waals surface area contributed by atoms with Gasteiger partial charge in [-0.2, -0.15) is 0 Å². The summed E-state index contributed by atoms with van der Waals surface area (Å²) < 4.78 is 0. The number of hydrogen-bond donors (Lipinski definition) is 1. The molecule has 0 aliphatic heterocycles. The van der Waals surface area contributed by atoms with Gasteiger partial charge in [0.15, 0.2) is 0 Å². The van der Waals surface area contributed by atoms with Crippen molar-refractivity contribution in [2.24, 2.45) is 0 Å².